The molecular formula is C11H14ClNO2. The standard InChI is InChI=1S/C11H14ClNO2/c1-2-3-4-10(13-15)9-7-8(12)5-6-11(9)14/h5-7,14-15H,2-4H2,1H3/b13-10-. The zero-order valence-corrected chi connectivity index (χ0v) is 9.33. The summed E-state index contributed by atoms with van der Waals surface area (Å²) in [6, 6.07) is 4.69. The monoisotopic (exact) mass is 227 g/mol. The van der Waals surface area contributed by atoms with Crippen LogP contribution in [-0.2, 0) is 0 Å². The maximum Gasteiger partial charge on any atom is 0.124 e. The minimum atomic E-state index is 0.0864. The summed E-state index contributed by atoms with van der Waals surface area (Å²) in [5.41, 5.74) is 0.968. The Balaban J connectivity index is 2.96. The van der Waals surface area contributed by atoms with Crippen LogP contribution in [0.25, 0.3) is 0 Å². The molecule has 0 saturated carbocycles. The second-order valence-corrected chi connectivity index (χ2v) is 3.75. The Kier molecular flexibility index (Phi) is 4.43. The SMILES string of the molecule is CCCC/C(=N/O)c1cc(Cl)ccc1O. The molecule has 0 unspecified atom stereocenters. The number of unbranched alkanes of at least 4 members (excludes halogenated alkanes) is 1. The Hall–Kier alpha value is -1.22. The fourth-order valence-corrected chi connectivity index (χ4v) is 1.49. The van der Waals surface area contributed by atoms with Gasteiger partial charge < -0.3 is 10.3 Å². The van der Waals surface area contributed by atoms with E-state index in [0.717, 1.165) is 12.8 Å². The van der Waals surface area contributed by atoms with Crippen molar-refractivity contribution in [3.05, 3.63) is 28.8 Å². The molecule has 15 heavy (non-hydrogen) atoms. The van der Waals surface area contributed by atoms with E-state index in [2.05, 4.69) is 5.16 Å². The van der Waals surface area contributed by atoms with Crippen molar-refractivity contribution in [2.75, 3.05) is 0 Å². The fourth-order valence-electron chi connectivity index (χ4n) is 1.32. The van der Waals surface area contributed by atoms with E-state index in [1.807, 2.05) is 6.92 Å². The van der Waals surface area contributed by atoms with Crippen LogP contribution < -0.4 is 0 Å². The number of aromatic hydroxyl groups is 1. The van der Waals surface area contributed by atoms with Crippen LogP contribution in [0.15, 0.2) is 23.4 Å². The molecule has 0 aliphatic rings. The van der Waals surface area contributed by atoms with Crippen molar-refractivity contribution >= 4 is 17.3 Å². The average molecular weight is 228 g/mol. The zero-order valence-electron chi connectivity index (χ0n) is 8.57. The molecule has 1 aromatic rings. The smallest absolute Gasteiger partial charge is 0.124 e. The maximum atomic E-state index is 9.59. The molecule has 2 N–H and O–H groups in total. The van der Waals surface area contributed by atoms with Crippen LogP contribution in [0.3, 0.4) is 0 Å². The summed E-state index contributed by atoms with van der Waals surface area (Å²) in [5.74, 6) is 0.0864. The quantitative estimate of drug-likeness (QED) is 0.471. The normalized spacial score (nSPS) is 11.7. The summed E-state index contributed by atoms with van der Waals surface area (Å²) in [4.78, 5) is 0. The maximum absolute atomic E-state index is 9.59. The minimum Gasteiger partial charge on any atom is -0.507 e. The van der Waals surface area contributed by atoms with Gasteiger partial charge in [-0.25, -0.2) is 0 Å². The summed E-state index contributed by atoms with van der Waals surface area (Å²) in [7, 11) is 0. The van der Waals surface area contributed by atoms with Crippen LogP contribution in [0.5, 0.6) is 5.75 Å². The van der Waals surface area contributed by atoms with Gasteiger partial charge in [0.2, 0.25) is 0 Å². The lowest BCUT2D eigenvalue weighted by atomic mass is 10.0. The highest BCUT2D eigenvalue weighted by Gasteiger charge is 2.09. The molecule has 0 radical (unpaired) electrons. The Morgan fingerprint density at radius 2 is 2.20 bits per heavy atom. The van der Waals surface area contributed by atoms with Crippen LogP contribution in [0.4, 0.5) is 0 Å². The van der Waals surface area contributed by atoms with Crippen molar-refractivity contribution in [3.63, 3.8) is 0 Å². The van der Waals surface area contributed by atoms with Gasteiger partial charge in [0.05, 0.1) is 5.71 Å². The van der Waals surface area contributed by atoms with Gasteiger partial charge in [0.15, 0.2) is 0 Å². The molecule has 0 saturated heterocycles. The van der Waals surface area contributed by atoms with Gasteiger partial charge in [0.25, 0.3) is 0 Å². The molecular weight excluding hydrogens is 214 g/mol. The summed E-state index contributed by atoms with van der Waals surface area (Å²) in [6.07, 6.45) is 2.53. The number of oxime groups is 1. The van der Waals surface area contributed by atoms with Gasteiger partial charge in [-0.05, 0) is 31.0 Å². The first-order valence-corrected chi connectivity index (χ1v) is 5.26. The molecule has 4 heteroatoms. The zero-order chi connectivity index (χ0) is 11.3. The fraction of sp³-hybridized carbons (Fsp3) is 0.364. The largest absolute Gasteiger partial charge is 0.507 e. The van der Waals surface area contributed by atoms with Crippen LogP contribution >= 0.6 is 11.6 Å². The molecule has 0 heterocycles. The van der Waals surface area contributed by atoms with E-state index in [9.17, 15) is 5.11 Å². The van der Waals surface area contributed by atoms with E-state index in [-0.39, 0.29) is 5.75 Å². The average Bonchev–Trinajstić information content (AvgIpc) is 2.24. The highest BCUT2D eigenvalue weighted by Crippen LogP contribution is 2.23. The third kappa shape index (κ3) is 3.13. The second-order valence-electron chi connectivity index (χ2n) is 3.31. The van der Waals surface area contributed by atoms with Gasteiger partial charge in [0, 0.05) is 10.6 Å². The van der Waals surface area contributed by atoms with Crippen molar-refractivity contribution in [1.29, 1.82) is 0 Å². The summed E-state index contributed by atoms with van der Waals surface area (Å²) in [5, 5.41) is 22.2. The summed E-state index contributed by atoms with van der Waals surface area (Å²) < 4.78 is 0. The van der Waals surface area contributed by atoms with Crippen molar-refractivity contribution in [3.8, 4) is 5.75 Å². The third-order valence-electron chi connectivity index (χ3n) is 2.16. The number of benzene rings is 1. The van der Waals surface area contributed by atoms with E-state index >= 15 is 0 Å². The summed E-state index contributed by atoms with van der Waals surface area (Å²) >= 11 is 5.80. The Labute approximate surface area is 94.0 Å². The van der Waals surface area contributed by atoms with Gasteiger partial charge in [-0.3, -0.25) is 0 Å². The third-order valence-corrected chi connectivity index (χ3v) is 2.39. The molecule has 82 valence electrons. The van der Waals surface area contributed by atoms with Gasteiger partial charge in [-0.1, -0.05) is 30.1 Å². The molecule has 0 spiro atoms. The van der Waals surface area contributed by atoms with Crippen LogP contribution in [0, 0.1) is 0 Å². The van der Waals surface area contributed by atoms with E-state index in [4.69, 9.17) is 16.8 Å². The first-order chi connectivity index (χ1) is 7.19. The highest BCUT2D eigenvalue weighted by atomic mass is 35.5. The molecule has 0 aromatic heterocycles. The molecule has 1 rings (SSSR count). The van der Waals surface area contributed by atoms with Crippen molar-refractivity contribution in [2.24, 2.45) is 5.16 Å². The molecule has 0 bridgehead atoms. The summed E-state index contributed by atoms with van der Waals surface area (Å²) in [6.45, 7) is 2.05. The molecule has 0 fully saturated rings. The Bertz CT molecular complexity index is 364. The number of nitrogens with zero attached hydrogens (tertiary/aromatic N) is 1. The van der Waals surface area contributed by atoms with Gasteiger partial charge >= 0.3 is 0 Å². The highest BCUT2D eigenvalue weighted by molar-refractivity contribution is 6.31. The van der Waals surface area contributed by atoms with Gasteiger partial charge in [-0.2, -0.15) is 0 Å². The Morgan fingerprint density at radius 3 is 2.80 bits per heavy atom. The van der Waals surface area contributed by atoms with Crippen molar-refractivity contribution < 1.29 is 10.3 Å². The first kappa shape index (κ1) is 11.9. The minimum absolute atomic E-state index is 0.0864. The Morgan fingerprint density at radius 1 is 1.47 bits per heavy atom. The lowest BCUT2D eigenvalue weighted by Crippen LogP contribution is -2.01. The van der Waals surface area contributed by atoms with Crippen LogP contribution in [0.2, 0.25) is 5.02 Å². The first-order valence-electron chi connectivity index (χ1n) is 4.88. The van der Waals surface area contributed by atoms with E-state index in [1.54, 1.807) is 12.1 Å². The van der Waals surface area contributed by atoms with Crippen LogP contribution in [0.1, 0.15) is 31.7 Å². The molecule has 0 atom stereocenters. The molecule has 0 aliphatic carbocycles. The predicted molar refractivity (Wildman–Crippen MR) is 61.0 cm³/mol. The molecule has 1 aromatic carbocycles. The number of phenols is 1. The molecule has 0 amide bonds. The van der Waals surface area contributed by atoms with Gasteiger partial charge in [0.1, 0.15) is 5.75 Å². The topological polar surface area (TPSA) is 52.8 Å². The second kappa shape index (κ2) is 5.61. The van der Waals surface area contributed by atoms with E-state index in [1.165, 1.54) is 6.07 Å². The molecule has 0 aliphatic heterocycles. The lowest BCUT2D eigenvalue weighted by molar-refractivity contribution is 0.317. The number of hydrogen-bond acceptors (Lipinski definition) is 3. The number of halogens is 1. The number of rotatable bonds is 4. The van der Waals surface area contributed by atoms with Crippen molar-refractivity contribution in [2.45, 2.75) is 26.2 Å². The van der Waals surface area contributed by atoms with E-state index in [0.29, 0.717) is 22.7 Å². The lowest BCUT2D eigenvalue weighted by Gasteiger charge is -2.06. The van der Waals surface area contributed by atoms with Gasteiger partial charge in [-0.15, -0.1) is 0 Å². The van der Waals surface area contributed by atoms with E-state index < -0.39 is 0 Å². The van der Waals surface area contributed by atoms with Crippen molar-refractivity contribution in [1.82, 2.24) is 0 Å². The number of phenolic OH excluding ortho intramolecular Hbond substituents is 1. The molecule has 3 nitrogen and oxygen atoms in total. The predicted octanol–water partition coefficient (Wildman–Crippen LogP) is 3.41. The number of hydrogen-bond donors (Lipinski definition) is 2. The van der Waals surface area contributed by atoms with Crippen LogP contribution in [-0.4, -0.2) is 16.0 Å².